The predicted octanol–water partition coefficient (Wildman–Crippen LogP) is 3.53. The van der Waals surface area contributed by atoms with Crippen LogP contribution in [0.2, 0.25) is 18.1 Å². The molecular weight excluding hydrogens is 256 g/mol. The summed E-state index contributed by atoms with van der Waals surface area (Å²) >= 11 is 0. The second kappa shape index (κ2) is 4.67. The Bertz CT molecular complexity index is 372. The number of fused-ring (bicyclic) bond motifs is 2. The Hall–Kier alpha value is -0.193. The van der Waals surface area contributed by atoms with Crippen molar-refractivity contribution in [3.05, 3.63) is 0 Å². The first kappa shape index (κ1) is 15.2. The van der Waals surface area contributed by atoms with Gasteiger partial charge in [0.25, 0.3) is 0 Å². The van der Waals surface area contributed by atoms with Gasteiger partial charge in [-0.15, -0.1) is 0 Å². The number of hydrogen-bond donors (Lipinski definition) is 0. The molecule has 0 radical (unpaired) electrons. The van der Waals surface area contributed by atoms with Crippen LogP contribution in [-0.4, -0.2) is 32.4 Å². The molecule has 2 aliphatic rings. The van der Waals surface area contributed by atoms with E-state index in [-0.39, 0.29) is 22.5 Å². The average molecular weight is 284 g/mol. The summed E-state index contributed by atoms with van der Waals surface area (Å²) in [6.07, 6.45) is 2.22. The van der Waals surface area contributed by atoms with Gasteiger partial charge in [-0.2, -0.15) is 0 Å². The molecule has 0 aromatic heterocycles. The fourth-order valence-corrected chi connectivity index (χ4v) is 3.79. The summed E-state index contributed by atoms with van der Waals surface area (Å²) in [4.78, 5) is 11.7. The van der Waals surface area contributed by atoms with Gasteiger partial charge in [0, 0.05) is 18.9 Å². The number of rotatable bonds is 3. The highest BCUT2D eigenvalue weighted by Gasteiger charge is 2.51. The van der Waals surface area contributed by atoms with Gasteiger partial charge in [-0.3, -0.25) is 4.79 Å². The highest BCUT2D eigenvalue weighted by Crippen LogP contribution is 2.45. The molecule has 0 amide bonds. The first-order valence-corrected chi connectivity index (χ1v) is 10.3. The van der Waals surface area contributed by atoms with Crippen molar-refractivity contribution in [1.82, 2.24) is 0 Å². The zero-order valence-electron chi connectivity index (χ0n) is 13.2. The largest absolute Gasteiger partial charge is 0.416 e. The van der Waals surface area contributed by atoms with Crippen LogP contribution in [0.15, 0.2) is 0 Å². The Morgan fingerprint density at radius 2 is 2.05 bits per heavy atom. The maximum atomic E-state index is 11.7. The van der Waals surface area contributed by atoms with E-state index in [9.17, 15) is 4.79 Å². The molecule has 110 valence electrons. The van der Waals surface area contributed by atoms with Crippen molar-refractivity contribution in [1.29, 1.82) is 0 Å². The Morgan fingerprint density at radius 3 is 2.58 bits per heavy atom. The topological polar surface area (TPSA) is 35.5 Å². The van der Waals surface area contributed by atoms with E-state index < -0.39 is 8.32 Å². The molecule has 0 N–H and O–H groups in total. The van der Waals surface area contributed by atoms with Crippen LogP contribution in [0.25, 0.3) is 0 Å². The third-order valence-electron chi connectivity index (χ3n) is 5.45. The zero-order valence-corrected chi connectivity index (χ0v) is 14.2. The van der Waals surface area contributed by atoms with E-state index >= 15 is 0 Å². The zero-order chi connectivity index (χ0) is 14.5. The van der Waals surface area contributed by atoms with Crippen molar-refractivity contribution in [3.8, 4) is 0 Å². The van der Waals surface area contributed by atoms with Crippen LogP contribution in [0.4, 0.5) is 0 Å². The maximum absolute atomic E-state index is 11.7. The third-order valence-corrected chi connectivity index (χ3v) is 9.95. The van der Waals surface area contributed by atoms with Crippen molar-refractivity contribution < 1.29 is 14.0 Å². The fourth-order valence-electron chi connectivity index (χ4n) is 2.74. The number of carbonyl (C=O) groups excluding carboxylic acids is 1. The van der Waals surface area contributed by atoms with Gasteiger partial charge in [0.2, 0.25) is 0 Å². The van der Waals surface area contributed by atoms with E-state index in [2.05, 4.69) is 40.8 Å². The van der Waals surface area contributed by atoms with Gasteiger partial charge in [-0.25, -0.2) is 0 Å². The number of hydrogen-bond acceptors (Lipinski definition) is 3. The monoisotopic (exact) mass is 284 g/mol. The van der Waals surface area contributed by atoms with Crippen LogP contribution >= 0.6 is 0 Å². The van der Waals surface area contributed by atoms with Gasteiger partial charge >= 0.3 is 0 Å². The van der Waals surface area contributed by atoms with E-state index in [1.165, 1.54) is 0 Å². The first-order valence-electron chi connectivity index (χ1n) is 7.40. The quantitative estimate of drug-likeness (QED) is 0.744. The lowest BCUT2D eigenvalue weighted by atomic mass is 9.87. The molecule has 2 aliphatic heterocycles. The summed E-state index contributed by atoms with van der Waals surface area (Å²) in [7, 11) is -1.71. The minimum absolute atomic E-state index is 0.138. The Kier molecular flexibility index (Phi) is 3.74. The Labute approximate surface area is 118 Å². The molecule has 0 aliphatic carbocycles. The molecule has 2 bridgehead atoms. The van der Waals surface area contributed by atoms with Gasteiger partial charge in [-0.1, -0.05) is 20.8 Å². The fraction of sp³-hybridized carbons (Fsp3) is 0.933. The van der Waals surface area contributed by atoms with Gasteiger partial charge in [0.1, 0.15) is 6.10 Å². The van der Waals surface area contributed by atoms with E-state index in [0.29, 0.717) is 12.3 Å². The molecule has 2 heterocycles. The minimum atomic E-state index is -1.71. The molecule has 3 atom stereocenters. The van der Waals surface area contributed by atoms with Crippen LogP contribution in [0.3, 0.4) is 0 Å². The molecule has 0 aromatic carbocycles. The lowest BCUT2D eigenvalue weighted by molar-refractivity contribution is -0.145. The van der Waals surface area contributed by atoms with Crippen LogP contribution in [0, 0.1) is 5.92 Å². The second-order valence-corrected chi connectivity index (χ2v) is 12.7. The number of carbonyl (C=O) groups is 1. The molecule has 2 fully saturated rings. The SMILES string of the molecule is CC(C)(C)[Si](C)(C)OC[C@H]1C[C@@H]2O[C@@]1(C)CCC2=O. The Morgan fingerprint density at radius 1 is 1.42 bits per heavy atom. The van der Waals surface area contributed by atoms with Crippen molar-refractivity contribution >= 4 is 14.1 Å². The van der Waals surface area contributed by atoms with Gasteiger partial charge in [0.05, 0.1) is 5.60 Å². The van der Waals surface area contributed by atoms with E-state index in [0.717, 1.165) is 19.4 Å². The molecular formula is C15H28O3Si. The molecule has 2 rings (SSSR count). The standard InChI is InChI=1S/C15H28O3Si/c1-14(2,3)19(5,6)17-10-11-9-13-12(16)7-8-15(11,4)18-13/h11,13H,7-10H2,1-6H3/t11-,13+,15+/m1/s1. The van der Waals surface area contributed by atoms with Gasteiger partial charge < -0.3 is 9.16 Å². The third kappa shape index (κ3) is 2.81. The van der Waals surface area contributed by atoms with Gasteiger partial charge in [0.15, 0.2) is 14.1 Å². The highest BCUT2D eigenvalue weighted by atomic mass is 28.4. The van der Waals surface area contributed by atoms with Crippen LogP contribution in [0.1, 0.15) is 47.0 Å². The highest BCUT2D eigenvalue weighted by molar-refractivity contribution is 6.74. The summed E-state index contributed by atoms with van der Waals surface area (Å²) in [5, 5.41) is 0.234. The molecule has 3 nitrogen and oxygen atoms in total. The molecule has 4 heteroatoms. The maximum Gasteiger partial charge on any atom is 0.191 e. The van der Waals surface area contributed by atoms with Crippen molar-refractivity contribution in [2.24, 2.45) is 5.92 Å². The molecule has 0 aromatic rings. The van der Waals surface area contributed by atoms with Crippen LogP contribution < -0.4 is 0 Å². The summed E-state index contributed by atoms with van der Waals surface area (Å²) in [5.41, 5.74) is -0.138. The predicted molar refractivity (Wildman–Crippen MR) is 78.8 cm³/mol. The molecule has 0 saturated carbocycles. The van der Waals surface area contributed by atoms with Crippen molar-refractivity contribution in [3.63, 3.8) is 0 Å². The molecule has 19 heavy (non-hydrogen) atoms. The lowest BCUT2D eigenvalue weighted by Crippen LogP contribution is -2.45. The molecule has 0 spiro atoms. The summed E-state index contributed by atoms with van der Waals surface area (Å²) in [6, 6.07) is 0. The molecule has 2 saturated heterocycles. The van der Waals surface area contributed by atoms with Crippen LogP contribution in [-0.2, 0) is 14.0 Å². The minimum Gasteiger partial charge on any atom is -0.416 e. The van der Waals surface area contributed by atoms with Gasteiger partial charge in [-0.05, 0) is 37.9 Å². The normalized spacial score (nSPS) is 35.8. The summed E-state index contributed by atoms with van der Waals surface area (Å²) in [5.74, 6) is 0.658. The van der Waals surface area contributed by atoms with Crippen LogP contribution in [0.5, 0.6) is 0 Å². The lowest BCUT2D eigenvalue weighted by Gasteiger charge is -2.39. The molecule has 0 unspecified atom stereocenters. The summed E-state index contributed by atoms with van der Waals surface area (Å²) < 4.78 is 12.3. The van der Waals surface area contributed by atoms with E-state index in [1.54, 1.807) is 0 Å². The Balaban J connectivity index is 2.00. The number of ether oxygens (including phenoxy) is 1. The smallest absolute Gasteiger partial charge is 0.191 e. The van der Waals surface area contributed by atoms with E-state index in [4.69, 9.17) is 9.16 Å². The second-order valence-electron chi connectivity index (χ2n) is 7.89. The van der Waals surface area contributed by atoms with Crippen molar-refractivity contribution in [2.75, 3.05) is 6.61 Å². The number of Topliss-reactive ketones (excluding diaryl/α,β-unsaturated/α-hetero) is 1. The summed E-state index contributed by atoms with van der Waals surface area (Å²) in [6.45, 7) is 14.2. The van der Waals surface area contributed by atoms with Crippen molar-refractivity contribution in [2.45, 2.75) is 76.8 Å². The first-order chi connectivity index (χ1) is 8.55. The number of ketones is 1. The average Bonchev–Trinajstić information content (AvgIpc) is 2.54. The van der Waals surface area contributed by atoms with E-state index in [1.807, 2.05) is 0 Å².